The molecule has 2 atom stereocenters. The summed E-state index contributed by atoms with van der Waals surface area (Å²) < 4.78 is 56.8. The first kappa shape index (κ1) is 26.8. The van der Waals surface area contributed by atoms with Gasteiger partial charge in [-0.15, -0.1) is 0 Å². The number of allylic oxidation sites excluding steroid dienone is 4. The summed E-state index contributed by atoms with van der Waals surface area (Å²) in [6.07, 6.45) is 2.73. The Kier molecular flexibility index (Phi) is 7.96. The molecule has 2 aromatic rings. The quantitative estimate of drug-likeness (QED) is 0.321. The molecule has 0 radical (unpaired) electrons. The number of anilines is 1. The number of piperazine rings is 1. The third-order valence-corrected chi connectivity index (χ3v) is 7.04. The van der Waals surface area contributed by atoms with Crippen LogP contribution in [0.3, 0.4) is 0 Å². The van der Waals surface area contributed by atoms with Gasteiger partial charge in [0, 0.05) is 44.2 Å². The normalized spacial score (nSPS) is 21.2. The number of aryl methyl sites for hydroxylation is 1. The van der Waals surface area contributed by atoms with E-state index in [1.165, 1.54) is 19.3 Å². The highest BCUT2D eigenvalue weighted by molar-refractivity contribution is 5.97. The van der Waals surface area contributed by atoms with E-state index in [1.807, 2.05) is 0 Å². The van der Waals surface area contributed by atoms with E-state index in [9.17, 15) is 22.4 Å². The summed E-state index contributed by atoms with van der Waals surface area (Å²) in [5.41, 5.74) is 6.63. The Bertz CT molecular complexity index is 1210. The minimum atomic E-state index is -4.59. The van der Waals surface area contributed by atoms with E-state index in [2.05, 4.69) is 26.5 Å². The second kappa shape index (κ2) is 11.0. The van der Waals surface area contributed by atoms with Crippen molar-refractivity contribution in [2.24, 2.45) is 11.8 Å². The van der Waals surface area contributed by atoms with E-state index in [-0.39, 0.29) is 23.0 Å². The molecular weight excluding hydrogens is 490 g/mol. The van der Waals surface area contributed by atoms with Gasteiger partial charge in [-0.3, -0.25) is 9.69 Å². The van der Waals surface area contributed by atoms with Crippen LogP contribution in [0, 0.1) is 11.8 Å². The van der Waals surface area contributed by atoms with E-state index >= 15 is 0 Å². The average molecular weight is 522 g/mol. The molecule has 0 aromatic carbocycles. The highest BCUT2D eigenvalue weighted by atomic mass is 19.4. The first-order valence-electron chi connectivity index (χ1n) is 12.4. The fourth-order valence-corrected chi connectivity index (χ4v) is 4.85. The number of carbonyl (C=O) groups excluding carboxylic acids is 1. The Labute approximate surface area is 212 Å². The Morgan fingerprint density at radius 2 is 1.86 bits per heavy atom. The SMILES string of the molecule is C=CC(=O)N1CCN(CCCCCn2nc(C3=CC(C(F)(F)F)C(C)C(F)=C3)c3c(N)ncnc32)CC1. The van der Waals surface area contributed by atoms with Crippen LogP contribution in [0.25, 0.3) is 16.6 Å². The van der Waals surface area contributed by atoms with Crippen molar-refractivity contribution in [3.63, 3.8) is 0 Å². The van der Waals surface area contributed by atoms with Crippen LogP contribution in [-0.4, -0.2) is 74.4 Å². The summed E-state index contributed by atoms with van der Waals surface area (Å²) >= 11 is 0. The molecule has 0 bridgehead atoms. The van der Waals surface area contributed by atoms with Crippen LogP contribution >= 0.6 is 0 Å². The van der Waals surface area contributed by atoms with E-state index < -0.39 is 23.8 Å². The van der Waals surface area contributed by atoms with Gasteiger partial charge in [0.05, 0.1) is 11.3 Å². The number of unbranched alkanes of at least 4 members (excludes halogenated alkanes) is 2. The summed E-state index contributed by atoms with van der Waals surface area (Å²) in [4.78, 5) is 24.0. The predicted molar refractivity (Wildman–Crippen MR) is 133 cm³/mol. The lowest BCUT2D eigenvalue weighted by Gasteiger charge is -2.34. The molecule has 37 heavy (non-hydrogen) atoms. The maximum absolute atomic E-state index is 14.5. The van der Waals surface area contributed by atoms with Crippen molar-refractivity contribution in [3.05, 3.63) is 42.7 Å². The number of nitrogen functional groups attached to an aromatic ring is 1. The third kappa shape index (κ3) is 5.84. The van der Waals surface area contributed by atoms with Crippen LogP contribution < -0.4 is 5.73 Å². The molecule has 12 heteroatoms. The number of fused-ring (bicyclic) bond motifs is 1. The van der Waals surface area contributed by atoms with Gasteiger partial charge in [0.15, 0.2) is 5.65 Å². The maximum atomic E-state index is 14.5. The van der Waals surface area contributed by atoms with Crippen molar-refractivity contribution in [3.8, 4) is 0 Å². The van der Waals surface area contributed by atoms with Gasteiger partial charge in [-0.1, -0.05) is 26.0 Å². The minimum absolute atomic E-state index is 0.0252. The number of amides is 1. The second-order valence-electron chi connectivity index (χ2n) is 9.47. The Balaban J connectivity index is 1.42. The molecule has 8 nitrogen and oxygen atoms in total. The van der Waals surface area contributed by atoms with E-state index in [0.29, 0.717) is 30.7 Å². The Morgan fingerprint density at radius 1 is 1.16 bits per heavy atom. The van der Waals surface area contributed by atoms with E-state index in [1.54, 1.807) is 9.58 Å². The van der Waals surface area contributed by atoms with Crippen LogP contribution in [0.5, 0.6) is 0 Å². The molecule has 1 amide bonds. The zero-order valence-corrected chi connectivity index (χ0v) is 20.7. The first-order valence-corrected chi connectivity index (χ1v) is 12.4. The Hall–Kier alpha value is -3.28. The maximum Gasteiger partial charge on any atom is 0.395 e. The molecule has 200 valence electrons. The highest BCUT2D eigenvalue weighted by Gasteiger charge is 2.45. The molecule has 4 rings (SSSR count). The van der Waals surface area contributed by atoms with Crippen molar-refractivity contribution in [1.29, 1.82) is 0 Å². The molecule has 2 unspecified atom stereocenters. The van der Waals surface area contributed by atoms with Gasteiger partial charge in [-0.2, -0.15) is 18.3 Å². The number of alkyl halides is 3. The molecule has 3 heterocycles. The van der Waals surface area contributed by atoms with Gasteiger partial charge >= 0.3 is 6.18 Å². The number of carbonyl (C=O) groups is 1. The smallest absolute Gasteiger partial charge is 0.383 e. The van der Waals surface area contributed by atoms with Gasteiger partial charge in [-0.05, 0) is 31.5 Å². The summed E-state index contributed by atoms with van der Waals surface area (Å²) in [6.45, 7) is 9.14. The summed E-state index contributed by atoms with van der Waals surface area (Å²) in [5.74, 6) is -4.09. The van der Waals surface area contributed by atoms with Crippen LogP contribution in [0.1, 0.15) is 31.9 Å². The number of nitrogens with zero attached hydrogens (tertiary/aromatic N) is 6. The lowest BCUT2D eigenvalue weighted by molar-refractivity contribution is -0.171. The standard InChI is InChI=1S/C25H31F4N7O/c1-3-20(37)35-11-9-34(10-12-35)7-5-4-6-8-36-24-21(23(30)31-15-32-24)22(33-36)17-13-18(25(27,28)29)16(2)19(26)14-17/h3,13-16,18H,1,4-12H2,2H3,(H2,30,31,32). The number of halogens is 4. The zero-order chi connectivity index (χ0) is 26.7. The highest BCUT2D eigenvalue weighted by Crippen LogP contribution is 2.43. The van der Waals surface area contributed by atoms with Crippen LogP contribution in [-0.2, 0) is 11.3 Å². The number of aromatic nitrogens is 4. The van der Waals surface area contributed by atoms with Crippen LogP contribution in [0.15, 0.2) is 37.0 Å². The molecule has 0 spiro atoms. The fraction of sp³-hybridized carbons (Fsp3) is 0.520. The first-order chi connectivity index (χ1) is 17.6. The van der Waals surface area contributed by atoms with Crippen molar-refractivity contribution in [1.82, 2.24) is 29.5 Å². The molecule has 2 aromatic heterocycles. The predicted octanol–water partition coefficient (Wildman–Crippen LogP) is 3.97. The van der Waals surface area contributed by atoms with Gasteiger partial charge in [-0.25, -0.2) is 19.0 Å². The summed E-state index contributed by atoms with van der Waals surface area (Å²) in [5, 5.41) is 4.82. The molecule has 0 saturated carbocycles. The number of nitrogens with two attached hydrogens (primary N) is 1. The summed E-state index contributed by atoms with van der Waals surface area (Å²) in [6, 6.07) is 0. The molecule has 1 saturated heterocycles. The molecule has 2 N–H and O–H groups in total. The van der Waals surface area contributed by atoms with E-state index in [4.69, 9.17) is 5.73 Å². The molecule has 1 aliphatic heterocycles. The average Bonchev–Trinajstić information content (AvgIpc) is 3.24. The molecule has 1 aliphatic carbocycles. The number of hydrogen-bond acceptors (Lipinski definition) is 6. The van der Waals surface area contributed by atoms with Crippen molar-refractivity contribution < 1.29 is 22.4 Å². The van der Waals surface area contributed by atoms with Gasteiger partial charge < -0.3 is 10.6 Å². The monoisotopic (exact) mass is 521 g/mol. The summed E-state index contributed by atoms with van der Waals surface area (Å²) in [7, 11) is 0. The lowest BCUT2D eigenvalue weighted by atomic mass is 9.84. The van der Waals surface area contributed by atoms with Crippen molar-refractivity contribution in [2.45, 2.75) is 38.9 Å². The van der Waals surface area contributed by atoms with Crippen molar-refractivity contribution in [2.75, 3.05) is 38.5 Å². The third-order valence-electron chi connectivity index (χ3n) is 7.04. The molecular formula is C25H31F4N7O. The largest absolute Gasteiger partial charge is 0.395 e. The number of rotatable bonds is 8. The van der Waals surface area contributed by atoms with Gasteiger partial charge in [0.1, 0.15) is 23.7 Å². The Morgan fingerprint density at radius 3 is 2.54 bits per heavy atom. The molecule has 1 fully saturated rings. The lowest BCUT2D eigenvalue weighted by Crippen LogP contribution is -2.48. The van der Waals surface area contributed by atoms with Crippen molar-refractivity contribution >= 4 is 28.3 Å². The topological polar surface area (TPSA) is 93.2 Å². The molecule has 2 aliphatic rings. The van der Waals surface area contributed by atoms with Gasteiger partial charge in [0.2, 0.25) is 5.91 Å². The minimum Gasteiger partial charge on any atom is -0.383 e. The second-order valence-corrected chi connectivity index (χ2v) is 9.47. The fourth-order valence-electron chi connectivity index (χ4n) is 4.85. The zero-order valence-electron chi connectivity index (χ0n) is 20.7. The van der Waals surface area contributed by atoms with Gasteiger partial charge in [0.25, 0.3) is 0 Å². The number of hydrogen-bond donors (Lipinski definition) is 1. The van der Waals surface area contributed by atoms with Crippen LogP contribution in [0.4, 0.5) is 23.4 Å². The van der Waals surface area contributed by atoms with E-state index in [0.717, 1.165) is 51.0 Å². The van der Waals surface area contributed by atoms with Crippen LogP contribution in [0.2, 0.25) is 0 Å².